The van der Waals surface area contributed by atoms with E-state index >= 15 is 0 Å². The van der Waals surface area contributed by atoms with Gasteiger partial charge in [-0.2, -0.15) is 0 Å². The van der Waals surface area contributed by atoms with Gasteiger partial charge in [-0.1, -0.05) is 29.8 Å². The third kappa shape index (κ3) is 2.93. The zero-order chi connectivity index (χ0) is 14.8. The number of nitrogen functional groups attached to an aromatic ring is 1. The number of ether oxygens (including phenoxy) is 2. The topological polar surface area (TPSA) is 61.6 Å². The van der Waals surface area contributed by atoms with Gasteiger partial charge in [-0.05, 0) is 24.3 Å². The number of anilines is 1. The van der Waals surface area contributed by atoms with Crippen molar-refractivity contribution in [2.75, 3.05) is 18.9 Å². The van der Waals surface area contributed by atoms with Crippen molar-refractivity contribution in [1.82, 2.24) is 0 Å². The van der Waals surface area contributed by atoms with Gasteiger partial charge >= 0.3 is 0 Å². The molecule has 2 N–H and O–H groups in total. The lowest BCUT2D eigenvalue weighted by Crippen LogP contribution is -2.07. The van der Waals surface area contributed by atoms with Gasteiger partial charge in [0.25, 0.3) is 0 Å². The highest BCUT2D eigenvalue weighted by Crippen LogP contribution is 2.26. The molecule has 0 bridgehead atoms. The molecule has 0 aromatic heterocycles. The number of hydrogen-bond donors (Lipinski definition) is 1. The fourth-order valence-electron chi connectivity index (χ4n) is 2.26. The van der Waals surface area contributed by atoms with E-state index in [1.54, 1.807) is 36.4 Å². The van der Waals surface area contributed by atoms with Gasteiger partial charge in [0.1, 0.15) is 0 Å². The second kappa shape index (κ2) is 5.85. The van der Waals surface area contributed by atoms with Crippen LogP contribution >= 0.6 is 11.6 Å². The van der Waals surface area contributed by atoms with Crippen LogP contribution in [0.5, 0.6) is 0 Å². The monoisotopic (exact) mass is 303 g/mol. The van der Waals surface area contributed by atoms with Gasteiger partial charge < -0.3 is 15.2 Å². The number of carbonyl (C=O) groups excluding carboxylic acids is 1. The Hall–Kier alpha value is -1.88. The van der Waals surface area contributed by atoms with Gasteiger partial charge in [0, 0.05) is 27.4 Å². The molecular weight excluding hydrogens is 290 g/mol. The number of nitrogens with two attached hydrogens (primary N) is 1. The molecule has 2 aromatic carbocycles. The maximum atomic E-state index is 12.6. The van der Waals surface area contributed by atoms with E-state index < -0.39 is 6.29 Å². The minimum Gasteiger partial charge on any atom is -0.398 e. The van der Waals surface area contributed by atoms with E-state index in [1.165, 1.54) is 0 Å². The predicted molar refractivity (Wildman–Crippen MR) is 80.4 cm³/mol. The van der Waals surface area contributed by atoms with Gasteiger partial charge in [-0.3, -0.25) is 4.79 Å². The Morgan fingerprint density at radius 1 is 1.14 bits per heavy atom. The standard InChI is InChI=1S/C16H14ClNO3/c17-12-4-5-14(18)13(9-12)15(19)10-2-1-3-11(8-10)16-20-6-7-21-16/h1-5,8-9,16H,6-7,18H2. The molecule has 1 fully saturated rings. The zero-order valence-electron chi connectivity index (χ0n) is 11.2. The highest BCUT2D eigenvalue weighted by molar-refractivity contribution is 6.31. The number of hydrogen-bond acceptors (Lipinski definition) is 4. The summed E-state index contributed by atoms with van der Waals surface area (Å²) in [6, 6.07) is 12.0. The summed E-state index contributed by atoms with van der Waals surface area (Å²) in [7, 11) is 0. The molecule has 21 heavy (non-hydrogen) atoms. The van der Waals surface area contributed by atoms with Crippen LogP contribution in [0.4, 0.5) is 5.69 Å². The van der Waals surface area contributed by atoms with Crippen LogP contribution in [-0.4, -0.2) is 19.0 Å². The van der Waals surface area contributed by atoms with Crippen molar-refractivity contribution in [1.29, 1.82) is 0 Å². The van der Waals surface area contributed by atoms with Gasteiger partial charge in [0.05, 0.1) is 13.2 Å². The first-order valence-electron chi connectivity index (χ1n) is 6.58. The molecule has 0 spiro atoms. The second-order valence-electron chi connectivity index (χ2n) is 4.76. The van der Waals surface area contributed by atoms with E-state index in [4.69, 9.17) is 26.8 Å². The molecular formula is C16H14ClNO3. The first-order chi connectivity index (χ1) is 10.1. The predicted octanol–water partition coefficient (Wildman–Crippen LogP) is 3.20. The van der Waals surface area contributed by atoms with E-state index in [1.807, 2.05) is 6.07 Å². The number of halogens is 1. The van der Waals surface area contributed by atoms with E-state index in [0.29, 0.717) is 35.1 Å². The Bertz CT molecular complexity index is 681. The molecule has 5 heteroatoms. The van der Waals surface area contributed by atoms with Crippen LogP contribution in [0, 0.1) is 0 Å². The van der Waals surface area contributed by atoms with Crippen LogP contribution in [0.3, 0.4) is 0 Å². The molecule has 1 aliphatic heterocycles. The minimum atomic E-state index is -0.408. The van der Waals surface area contributed by atoms with Gasteiger partial charge in [-0.15, -0.1) is 0 Å². The summed E-state index contributed by atoms with van der Waals surface area (Å²) >= 11 is 5.94. The Balaban J connectivity index is 1.94. The number of benzene rings is 2. The highest BCUT2D eigenvalue weighted by atomic mass is 35.5. The van der Waals surface area contributed by atoms with Crippen LogP contribution in [0.1, 0.15) is 27.8 Å². The van der Waals surface area contributed by atoms with E-state index in [0.717, 1.165) is 5.56 Å². The molecule has 4 nitrogen and oxygen atoms in total. The lowest BCUT2D eigenvalue weighted by atomic mass is 10.00. The third-order valence-corrected chi connectivity index (χ3v) is 3.54. The van der Waals surface area contributed by atoms with Crippen LogP contribution in [-0.2, 0) is 9.47 Å². The van der Waals surface area contributed by atoms with Crippen LogP contribution in [0.15, 0.2) is 42.5 Å². The summed E-state index contributed by atoms with van der Waals surface area (Å²) in [5, 5.41) is 0.478. The summed E-state index contributed by atoms with van der Waals surface area (Å²) in [4.78, 5) is 12.6. The number of rotatable bonds is 3. The largest absolute Gasteiger partial charge is 0.398 e. The van der Waals surface area contributed by atoms with E-state index in [-0.39, 0.29) is 5.78 Å². The van der Waals surface area contributed by atoms with E-state index in [2.05, 4.69) is 0 Å². The average Bonchev–Trinajstić information content (AvgIpc) is 3.03. The SMILES string of the molecule is Nc1ccc(Cl)cc1C(=O)c1cccc(C2OCCO2)c1. The normalized spacial score (nSPS) is 15.3. The van der Waals surface area contributed by atoms with Gasteiger partial charge in [0.15, 0.2) is 12.1 Å². The molecule has 3 rings (SSSR count). The first-order valence-corrected chi connectivity index (χ1v) is 6.96. The fraction of sp³-hybridized carbons (Fsp3) is 0.188. The Kier molecular flexibility index (Phi) is 3.92. The van der Waals surface area contributed by atoms with Crippen molar-refractivity contribution >= 4 is 23.1 Å². The summed E-state index contributed by atoms with van der Waals surface area (Å²) in [5.74, 6) is -0.171. The van der Waals surface area contributed by atoms with E-state index in [9.17, 15) is 4.79 Å². The Morgan fingerprint density at radius 2 is 1.90 bits per heavy atom. The summed E-state index contributed by atoms with van der Waals surface area (Å²) in [6.45, 7) is 1.12. The summed E-state index contributed by atoms with van der Waals surface area (Å²) in [5.41, 5.74) is 8.01. The molecule has 0 radical (unpaired) electrons. The Labute approximate surface area is 127 Å². The van der Waals surface area contributed by atoms with Crippen molar-refractivity contribution < 1.29 is 14.3 Å². The van der Waals surface area contributed by atoms with Crippen LogP contribution < -0.4 is 5.73 Å². The maximum Gasteiger partial charge on any atom is 0.195 e. The lowest BCUT2D eigenvalue weighted by molar-refractivity contribution is -0.0441. The maximum absolute atomic E-state index is 12.6. The van der Waals surface area contributed by atoms with Crippen molar-refractivity contribution in [3.63, 3.8) is 0 Å². The molecule has 0 saturated carbocycles. The van der Waals surface area contributed by atoms with Crippen molar-refractivity contribution in [3.8, 4) is 0 Å². The van der Waals surface area contributed by atoms with Crippen LogP contribution in [0.25, 0.3) is 0 Å². The van der Waals surface area contributed by atoms with Gasteiger partial charge in [0.2, 0.25) is 0 Å². The molecule has 1 heterocycles. The molecule has 0 aliphatic carbocycles. The van der Waals surface area contributed by atoms with Crippen molar-refractivity contribution in [2.24, 2.45) is 0 Å². The Morgan fingerprint density at radius 3 is 2.67 bits per heavy atom. The molecule has 1 saturated heterocycles. The van der Waals surface area contributed by atoms with Crippen molar-refractivity contribution in [2.45, 2.75) is 6.29 Å². The minimum absolute atomic E-state index is 0.171. The van der Waals surface area contributed by atoms with Crippen molar-refractivity contribution in [3.05, 3.63) is 64.2 Å². The lowest BCUT2D eigenvalue weighted by Gasteiger charge is -2.11. The molecule has 108 valence electrons. The average molecular weight is 304 g/mol. The smallest absolute Gasteiger partial charge is 0.195 e. The molecule has 0 amide bonds. The molecule has 0 unspecified atom stereocenters. The summed E-state index contributed by atoms with van der Waals surface area (Å²) in [6.07, 6.45) is -0.408. The van der Waals surface area contributed by atoms with Gasteiger partial charge in [-0.25, -0.2) is 0 Å². The quantitative estimate of drug-likeness (QED) is 0.698. The number of carbonyl (C=O) groups is 1. The molecule has 0 atom stereocenters. The zero-order valence-corrected chi connectivity index (χ0v) is 12.0. The second-order valence-corrected chi connectivity index (χ2v) is 5.20. The third-order valence-electron chi connectivity index (χ3n) is 3.30. The highest BCUT2D eigenvalue weighted by Gasteiger charge is 2.20. The molecule has 2 aromatic rings. The fourth-order valence-corrected chi connectivity index (χ4v) is 2.43. The summed E-state index contributed by atoms with van der Waals surface area (Å²) < 4.78 is 10.9. The first kappa shape index (κ1) is 14.1. The van der Waals surface area contributed by atoms with Crippen LogP contribution in [0.2, 0.25) is 5.02 Å². The molecule has 1 aliphatic rings. The number of ketones is 1.